The summed E-state index contributed by atoms with van der Waals surface area (Å²) in [5, 5.41) is 11.4. The molecule has 3 atom stereocenters. The molecule has 192 valence electrons. The fourth-order valence-electron chi connectivity index (χ4n) is 3.84. The van der Waals surface area contributed by atoms with Crippen LogP contribution < -0.4 is 5.32 Å². The standard InChI is InChI=1S/C25H40N2O7/c1-6-9-18(15-21(29)26-12-14-28)23(31)27-13-8-11-20(27)17-33-24(32)19(10-7-2)16-22(30)34-25(3,4)5/h6-7,18-20,28H,1-2,8-17H2,3-5H3,(H,26,29)/t18-,19+,20+/m1/s1. The highest BCUT2D eigenvalue weighted by atomic mass is 16.6. The zero-order chi connectivity index (χ0) is 25.7. The number of carbonyl (C=O) groups excluding carboxylic acids is 4. The Morgan fingerprint density at radius 3 is 2.35 bits per heavy atom. The third-order valence-corrected chi connectivity index (χ3v) is 5.36. The van der Waals surface area contributed by atoms with Crippen molar-refractivity contribution in [3.63, 3.8) is 0 Å². The van der Waals surface area contributed by atoms with Gasteiger partial charge in [0.2, 0.25) is 11.8 Å². The number of esters is 2. The molecular formula is C25H40N2O7. The van der Waals surface area contributed by atoms with E-state index >= 15 is 0 Å². The van der Waals surface area contributed by atoms with Gasteiger partial charge in [-0.2, -0.15) is 0 Å². The molecule has 1 rings (SSSR count). The summed E-state index contributed by atoms with van der Waals surface area (Å²) < 4.78 is 10.8. The summed E-state index contributed by atoms with van der Waals surface area (Å²) in [4.78, 5) is 51.7. The maximum absolute atomic E-state index is 13.1. The van der Waals surface area contributed by atoms with E-state index in [9.17, 15) is 19.2 Å². The number of ether oxygens (including phenoxy) is 2. The molecule has 0 bridgehead atoms. The van der Waals surface area contributed by atoms with Crippen molar-refractivity contribution >= 4 is 23.8 Å². The van der Waals surface area contributed by atoms with Gasteiger partial charge in [0.05, 0.1) is 30.9 Å². The van der Waals surface area contributed by atoms with Gasteiger partial charge in [-0.25, -0.2) is 0 Å². The number of rotatable bonds is 14. The summed E-state index contributed by atoms with van der Waals surface area (Å²) in [6.07, 6.45) is 5.09. The summed E-state index contributed by atoms with van der Waals surface area (Å²) in [6, 6.07) is -0.296. The number of aliphatic hydroxyl groups excluding tert-OH is 1. The minimum atomic E-state index is -0.707. The van der Waals surface area contributed by atoms with Crippen LogP contribution in [0.5, 0.6) is 0 Å². The summed E-state index contributed by atoms with van der Waals surface area (Å²) in [5.74, 6) is -2.80. The number of allylic oxidation sites excluding steroid dienone is 2. The lowest BCUT2D eigenvalue weighted by molar-refractivity contribution is -0.162. The third-order valence-electron chi connectivity index (χ3n) is 5.36. The second kappa shape index (κ2) is 14.6. The predicted octanol–water partition coefficient (Wildman–Crippen LogP) is 2.14. The number of hydrogen-bond acceptors (Lipinski definition) is 7. The molecule has 0 unspecified atom stereocenters. The lowest BCUT2D eigenvalue weighted by atomic mass is 9.98. The van der Waals surface area contributed by atoms with Gasteiger partial charge in [0, 0.05) is 19.5 Å². The van der Waals surface area contributed by atoms with Gasteiger partial charge in [-0.3, -0.25) is 19.2 Å². The van der Waals surface area contributed by atoms with E-state index < -0.39 is 29.4 Å². The molecule has 1 aliphatic heterocycles. The molecule has 0 saturated carbocycles. The molecule has 2 amide bonds. The summed E-state index contributed by atoms with van der Waals surface area (Å²) in [7, 11) is 0. The van der Waals surface area contributed by atoms with Crippen LogP contribution in [0.25, 0.3) is 0 Å². The minimum absolute atomic E-state index is 0.00877. The van der Waals surface area contributed by atoms with Crippen molar-refractivity contribution in [1.82, 2.24) is 10.2 Å². The highest BCUT2D eigenvalue weighted by Crippen LogP contribution is 2.24. The quantitative estimate of drug-likeness (QED) is 0.288. The highest BCUT2D eigenvalue weighted by Gasteiger charge is 2.35. The first-order valence-electron chi connectivity index (χ1n) is 11.8. The summed E-state index contributed by atoms with van der Waals surface area (Å²) >= 11 is 0. The molecule has 9 heteroatoms. The largest absolute Gasteiger partial charge is 0.463 e. The maximum Gasteiger partial charge on any atom is 0.309 e. The lowest BCUT2D eigenvalue weighted by Crippen LogP contribution is -2.43. The minimum Gasteiger partial charge on any atom is -0.463 e. The van der Waals surface area contributed by atoms with Crippen molar-refractivity contribution in [2.24, 2.45) is 11.8 Å². The van der Waals surface area contributed by atoms with Crippen LogP contribution in [0.2, 0.25) is 0 Å². The molecule has 1 saturated heterocycles. The first-order chi connectivity index (χ1) is 16.0. The first kappa shape index (κ1) is 29.4. The Balaban J connectivity index is 2.74. The zero-order valence-corrected chi connectivity index (χ0v) is 20.7. The number of aliphatic hydroxyl groups is 1. The summed E-state index contributed by atoms with van der Waals surface area (Å²) in [6.45, 7) is 13.1. The van der Waals surface area contributed by atoms with Crippen LogP contribution in [0.1, 0.15) is 59.3 Å². The van der Waals surface area contributed by atoms with E-state index in [1.54, 1.807) is 37.8 Å². The second-order valence-electron chi connectivity index (χ2n) is 9.47. The average molecular weight is 481 g/mol. The van der Waals surface area contributed by atoms with Gasteiger partial charge in [-0.1, -0.05) is 12.2 Å². The molecule has 0 radical (unpaired) electrons. The molecule has 0 aliphatic carbocycles. The first-order valence-corrected chi connectivity index (χ1v) is 11.8. The van der Waals surface area contributed by atoms with Crippen molar-refractivity contribution in [1.29, 1.82) is 0 Å². The van der Waals surface area contributed by atoms with Gasteiger partial charge in [0.15, 0.2) is 0 Å². The van der Waals surface area contributed by atoms with Crippen LogP contribution >= 0.6 is 0 Å². The lowest BCUT2D eigenvalue weighted by Gasteiger charge is -2.28. The molecule has 0 aromatic rings. The monoisotopic (exact) mass is 480 g/mol. The van der Waals surface area contributed by atoms with Crippen molar-refractivity contribution in [2.75, 3.05) is 26.3 Å². The smallest absolute Gasteiger partial charge is 0.309 e. The Bertz CT molecular complexity index is 729. The van der Waals surface area contributed by atoms with Gasteiger partial charge >= 0.3 is 11.9 Å². The number of amides is 2. The van der Waals surface area contributed by atoms with Crippen LogP contribution in [0, 0.1) is 11.8 Å². The van der Waals surface area contributed by atoms with E-state index in [2.05, 4.69) is 18.5 Å². The van der Waals surface area contributed by atoms with Crippen molar-refractivity contribution in [3.8, 4) is 0 Å². The molecule has 9 nitrogen and oxygen atoms in total. The molecule has 1 fully saturated rings. The van der Waals surface area contributed by atoms with Gasteiger partial charge in [-0.05, 0) is 46.5 Å². The summed E-state index contributed by atoms with van der Waals surface area (Å²) in [5.41, 5.74) is -0.651. The third kappa shape index (κ3) is 10.5. The van der Waals surface area contributed by atoms with Crippen LogP contribution in [0.4, 0.5) is 0 Å². The van der Waals surface area contributed by atoms with Crippen molar-refractivity contribution < 1.29 is 33.8 Å². The fraction of sp³-hybridized carbons (Fsp3) is 0.680. The van der Waals surface area contributed by atoms with Crippen LogP contribution in [-0.4, -0.2) is 71.7 Å². The number of carbonyl (C=O) groups is 4. The Labute approximate surface area is 202 Å². The Hall–Kier alpha value is -2.68. The van der Waals surface area contributed by atoms with Crippen LogP contribution in [0.15, 0.2) is 25.3 Å². The molecule has 0 aromatic heterocycles. The zero-order valence-electron chi connectivity index (χ0n) is 20.7. The predicted molar refractivity (Wildman–Crippen MR) is 127 cm³/mol. The van der Waals surface area contributed by atoms with Crippen LogP contribution in [0.3, 0.4) is 0 Å². The fourth-order valence-corrected chi connectivity index (χ4v) is 3.84. The molecule has 1 heterocycles. The second-order valence-corrected chi connectivity index (χ2v) is 9.47. The van der Waals surface area contributed by atoms with Gasteiger partial charge in [-0.15, -0.1) is 13.2 Å². The van der Waals surface area contributed by atoms with E-state index in [0.29, 0.717) is 19.4 Å². The molecular weight excluding hydrogens is 440 g/mol. The number of nitrogens with zero attached hydrogens (tertiary/aromatic N) is 1. The highest BCUT2D eigenvalue weighted by molar-refractivity contribution is 5.86. The molecule has 2 N–H and O–H groups in total. The van der Waals surface area contributed by atoms with E-state index in [0.717, 1.165) is 6.42 Å². The van der Waals surface area contributed by atoms with Gasteiger partial charge < -0.3 is 24.8 Å². The van der Waals surface area contributed by atoms with Crippen molar-refractivity contribution in [3.05, 3.63) is 25.3 Å². The average Bonchev–Trinajstić information content (AvgIpc) is 3.22. The number of likely N-dealkylation sites (tertiary alicyclic amines) is 1. The molecule has 34 heavy (non-hydrogen) atoms. The Kier molecular flexibility index (Phi) is 12.6. The SMILES string of the molecule is C=CC[C@@H](CC(=O)OC(C)(C)C)C(=O)OC[C@@H]1CCCN1C(=O)[C@H](CC=C)CC(=O)NCCO. The Morgan fingerprint density at radius 2 is 1.76 bits per heavy atom. The Morgan fingerprint density at radius 1 is 1.12 bits per heavy atom. The van der Waals surface area contributed by atoms with Gasteiger partial charge in [0.1, 0.15) is 12.2 Å². The van der Waals surface area contributed by atoms with E-state index in [1.165, 1.54) is 0 Å². The van der Waals surface area contributed by atoms with Gasteiger partial charge in [0.25, 0.3) is 0 Å². The van der Waals surface area contributed by atoms with E-state index in [4.69, 9.17) is 14.6 Å². The topological polar surface area (TPSA) is 122 Å². The van der Waals surface area contributed by atoms with E-state index in [-0.39, 0.29) is 56.9 Å². The number of nitrogens with one attached hydrogen (secondary N) is 1. The normalized spacial score (nSPS) is 17.4. The molecule has 0 spiro atoms. The molecule has 0 aromatic carbocycles. The van der Waals surface area contributed by atoms with Crippen molar-refractivity contribution in [2.45, 2.75) is 70.9 Å². The maximum atomic E-state index is 13.1. The molecule has 1 aliphatic rings. The van der Waals surface area contributed by atoms with E-state index in [1.807, 2.05) is 0 Å². The van der Waals surface area contributed by atoms with Crippen LogP contribution in [-0.2, 0) is 28.7 Å². The number of hydrogen-bond donors (Lipinski definition) is 2.